The molecule has 0 radical (unpaired) electrons. The van der Waals surface area contributed by atoms with Gasteiger partial charge in [0, 0.05) is 18.8 Å². The van der Waals surface area contributed by atoms with Crippen LogP contribution in [0.4, 0.5) is 0 Å². The highest BCUT2D eigenvalue weighted by Gasteiger charge is 2.27. The molecule has 2 fully saturated rings. The van der Waals surface area contributed by atoms with E-state index in [0.717, 1.165) is 18.8 Å². The Balaban J connectivity index is 1.97. The summed E-state index contributed by atoms with van der Waals surface area (Å²) in [7, 11) is 0. The van der Waals surface area contributed by atoms with Crippen molar-refractivity contribution >= 4 is 0 Å². The van der Waals surface area contributed by atoms with Crippen LogP contribution < -0.4 is 10.6 Å². The molecule has 2 atom stereocenters. The van der Waals surface area contributed by atoms with Crippen LogP contribution in [-0.4, -0.2) is 18.8 Å². The summed E-state index contributed by atoms with van der Waals surface area (Å²) in [5, 5.41) is 6.89. The van der Waals surface area contributed by atoms with Gasteiger partial charge in [0.15, 0.2) is 0 Å². The number of hydrogen-bond donors (Lipinski definition) is 2. The maximum Gasteiger partial charge on any atom is 0.0459 e. The summed E-state index contributed by atoms with van der Waals surface area (Å²) in [6, 6.07) is 1.61. The monoisotopic (exact) mass is 126 g/mol. The molecule has 0 amide bonds. The van der Waals surface area contributed by atoms with Crippen molar-refractivity contribution in [1.29, 1.82) is 0 Å². The SMILES string of the molecule is C1CC[C@H]2NCNC2C1. The highest BCUT2D eigenvalue weighted by Crippen LogP contribution is 2.20. The van der Waals surface area contributed by atoms with E-state index in [2.05, 4.69) is 10.6 Å². The summed E-state index contributed by atoms with van der Waals surface area (Å²) in [4.78, 5) is 0. The van der Waals surface area contributed by atoms with Crippen LogP contribution in [0.5, 0.6) is 0 Å². The van der Waals surface area contributed by atoms with Gasteiger partial charge in [-0.15, -0.1) is 0 Å². The lowest BCUT2D eigenvalue weighted by molar-refractivity contribution is 0.374. The van der Waals surface area contributed by atoms with Crippen molar-refractivity contribution in [1.82, 2.24) is 10.6 Å². The Morgan fingerprint density at radius 2 is 1.44 bits per heavy atom. The lowest BCUT2D eigenvalue weighted by Crippen LogP contribution is -2.36. The molecule has 2 N–H and O–H groups in total. The van der Waals surface area contributed by atoms with Crippen molar-refractivity contribution in [3.05, 3.63) is 0 Å². The van der Waals surface area contributed by atoms with Crippen LogP contribution in [0.1, 0.15) is 25.7 Å². The molecule has 2 aliphatic rings. The minimum absolute atomic E-state index is 0.804. The topological polar surface area (TPSA) is 24.1 Å². The first kappa shape index (κ1) is 5.69. The summed E-state index contributed by atoms with van der Waals surface area (Å²) >= 11 is 0. The standard InChI is InChI=1S/C7H14N2/c1-2-4-7-6(3-1)8-5-9-7/h6-9H,1-5H2/t6-,7?/m1/s1. The minimum Gasteiger partial charge on any atom is -0.300 e. The van der Waals surface area contributed by atoms with E-state index in [4.69, 9.17) is 0 Å². The van der Waals surface area contributed by atoms with E-state index in [9.17, 15) is 0 Å². The fourth-order valence-electron chi connectivity index (χ4n) is 1.94. The van der Waals surface area contributed by atoms with E-state index < -0.39 is 0 Å². The van der Waals surface area contributed by atoms with E-state index in [-0.39, 0.29) is 0 Å². The van der Waals surface area contributed by atoms with Crippen molar-refractivity contribution in [2.24, 2.45) is 0 Å². The fraction of sp³-hybridized carbons (Fsp3) is 1.00. The Hall–Kier alpha value is -0.0800. The first-order chi connectivity index (χ1) is 4.47. The number of fused-ring (bicyclic) bond motifs is 1. The summed E-state index contributed by atoms with van der Waals surface area (Å²) in [5.41, 5.74) is 0. The molecule has 1 heterocycles. The van der Waals surface area contributed by atoms with Crippen LogP contribution in [-0.2, 0) is 0 Å². The van der Waals surface area contributed by atoms with E-state index in [0.29, 0.717) is 0 Å². The lowest BCUT2D eigenvalue weighted by atomic mass is 9.92. The predicted molar refractivity (Wildman–Crippen MR) is 37.2 cm³/mol. The van der Waals surface area contributed by atoms with Crippen molar-refractivity contribution in [3.8, 4) is 0 Å². The zero-order chi connectivity index (χ0) is 6.10. The molecule has 1 aliphatic carbocycles. The van der Waals surface area contributed by atoms with Crippen LogP contribution in [0.25, 0.3) is 0 Å². The summed E-state index contributed by atoms with van der Waals surface area (Å²) in [5.74, 6) is 0. The van der Waals surface area contributed by atoms with Crippen LogP contribution in [0.15, 0.2) is 0 Å². The third-order valence-electron chi connectivity index (χ3n) is 2.49. The zero-order valence-electron chi connectivity index (χ0n) is 5.69. The Morgan fingerprint density at radius 3 is 2.00 bits per heavy atom. The smallest absolute Gasteiger partial charge is 0.0459 e. The molecule has 2 rings (SSSR count). The maximum atomic E-state index is 3.45. The second-order valence-corrected chi connectivity index (χ2v) is 3.08. The third kappa shape index (κ3) is 0.970. The summed E-state index contributed by atoms with van der Waals surface area (Å²) in [6.07, 6.45) is 5.63. The quantitative estimate of drug-likeness (QED) is 0.492. The van der Waals surface area contributed by atoms with E-state index in [1.807, 2.05) is 0 Å². The molecule has 2 nitrogen and oxygen atoms in total. The normalized spacial score (nSPS) is 42.7. The maximum absolute atomic E-state index is 3.45. The van der Waals surface area contributed by atoms with Gasteiger partial charge in [-0.3, -0.25) is 0 Å². The number of rotatable bonds is 0. The highest BCUT2D eigenvalue weighted by atomic mass is 15.2. The third-order valence-corrected chi connectivity index (χ3v) is 2.49. The minimum atomic E-state index is 0.804. The molecule has 1 saturated carbocycles. The van der Waals surface area contributed by atoms with Gasteiger partial charge in [-0.2, -0.15) is 0 Å². The predicted octanol–water partition coefficient (Wildman–Crippen LogP) is 0.448. The van der Waals surface area contributed by atoms with E-state index in [1.54, 1.807) is 0 Å². The first-order valence-corrected chi connectivity index (χ1v) is 3.93. The largest absolute Gasteiger partial charge is 0.300 e. The van der Waals surface area contributed by atoms with Crippen molar-refractivity contribution in [2.45, 2.75) is 37.8 Å². The van der Waals surface area contributed by atoms with Gasteiger partial charge in [-0.05, 0) is 12.8 Å². The van der Waals surface area contributed by atoms with Crippen molar-refractivity contribution < 1.29 is 0 Å². The van der Waals surface area contributed by atoms with E-state index in [1.165, 1.54) is 25.7 Å². The van der Waals surface area contributed by atoms with Gasteiger partial charge in [0.1, 0.15) is 0 Å². The molecule has 0 bridgehead atoms. The van der Waals surface area contributed by atoms with Crippen LogP contribution >= 0.6 is 0 Å². The van der Waals surface area contributed by atoms with Gasteiger partial charge >= 0.3 is 0 Å². The molecular formula is C7H14N2. The van der Waals surface area contributed by atoms with Crippen molar-refractivity contribution in [2.75, 3.05) is 6.67 Å². The fourth-order valence-corrected chi connectivity index (χ4v) is 1.94. The number of nitrogens with one attached hydrogen (secondary N) is 2. The van der Waals surface area contributed by atoms with Gasteiger partial charge in [0.25, 0.3) is 0 Å². The molecule has 0 aromatic carbocycles. The van der Waals surface area contributed by atoms with Crippen LogP contribution in [0, 0.1) is 0 Å². The summed E-state index contributed by atoms with van der Waals surface area (Å²) < 4.78 is 0. The average molecular weight is 126 g/mol. The van der Waals surface area contributed by atoms with E-state index >= 15 is 0 Å². The molecule has 2 heteroatoms. The van der Waals surface area contributed by atoms with Gasteiger partial charge in [-0.1, -0.05) is 12.8 Å². The molecule has 52 valence electrons. The molecule has 1 aliphatic heterocycles. The van der Waals surface area contributed by atoms with Gasteiger partial charge < -0.3 is 10.6 Å². The molecule has 0 aromatic rings. The van der Waals surface area contributed by atoms with Gasteiger partial charge in [0.05, 0.1) is 0 Å². The Morgan fingerprint density at radius 1 is 0.889 bits per heavy atom. The highest BCUT2D eigenvalue weighted by molar-refractivity contribution is 4.90. The summed E-state index contributed by atoms with van der Waals surface area (Å²) in [6.45, 7) is 1.04. The lowest BCUT2D eigenvalue weighted by Gasteiger charge is -2.23. The van der Waals surface area contributed by atoms with Crippen LogP contribution in [0.3, 0.4) is 0 Å². The van der Waals surface area contributed by atoms with Gasteiger partial charge in [-0.25, -0.2) is 0 Å². The second kappa shape index (κ2) is 2.27. The molecule has 9 heavy (non-hydrogen) atoms. The Labute approximate surface area is 56.0 Å². The molecular weight excluding hydrogens is 112 g/mol. The molecule has 0 aromatic heterocycles. The van der Waals surface area contributed by atoms with Gasteiger partial charge in [0.2, 0.25) is 0 Å². The Bertz CT molecular complexity index is 91.1. The first-order valence-electron chi connectivity index (χ1n) is 3.93. The second-order valence-electron chi connectivity index (χ2n) is 3.08. The van der Waals surface area contributed by atoms with Crippen LogP contribution in [0.2, 0.25) is 0 Å². The zero-order valence-corrected chi connectivity index (χ0v) is 5.69. The van der Waals surface area contributed by atoms with Crippen molar-refractivity contribution in [3.63, 3.8) is 0 Å². The molecule has 0 spiro atoms. The molecule has 1 unspecified atom stereocenters. The number of hydrogen-bond acceptors (Lipinski definition) is 2. The molecule has 1 saturated heterocycles. The average Bonchev–Trinajstić information content (AvgIpc) is 2.33. The Kier molecular flexibility index (Phi) is 1.44.